The maximum absolute atomic E-state index is 10.8. The van der Waals surface area contributed by atoms with Crippen LogP contribution in [-0.2, 0) is 0 Å². The van der Waals surface area contributed by atoms with Gasteiger partial charge in [-0.2, -0.15) is 0 Å². The number of fused-ring (bicyclic) bond motifs is 1. The highest BCUT2D eigenvalue weighted by Gasteiger charge is 2.14. The van der Waals surface area contributed by atoms with Crippen molar-refractivity contribution in [1.82, 2.24) is 4.98 Å². The Morgan fingerprint density at radius 1 is 1.36 bits per heavy atom. The van der Waals surface area contributed by atoms with E-state index >= 15 is 0 Å². The van der Waals surface area contributed by atoms with Crippen molar-refractivity contribution in [3.05, 3.63) is 55.5 Å². The quantitative estimate of drug-likeness (QED) is 0.873. The van der Waals surface area contributed by atoms with Gasteiger partial charge in [-0.15, -0.1) is 11.3 Å². The number of aromatic carboxylic acids is 1. The van der Waals surface area contributed by atoms with Crippen molar-refractivity contribution in [2.75, 3.05) is 6.61 Å². The third-order valence-corrected chi connectivity index (χ3v) is 4.39. The molecule has 0 atom stereocenters. The topological polar surface area (TPSA) is 59.4 Å². The summed E-state index contributed by atoms with van der Waals surface area (Å²) in [6.07, 6.45) is 6.86. The van der Waals surface area contributed by atoms with E-state index in [1.807, 2.05) is 12.2 Å². The summed E-state index contributed by atoms with van der Waals surface area (Å²) in [4.78, 5) is 15.1. The van der Waals surface area contributed by atoms with Crippen molar-refractivity contribution >= 4 is 52.7 Å². The molecule has 0 saturated heterocycles. The lowest BCUT2D eigenvalue weighted by atomic mass is 10.1. The van der Waals surface area contributed by atoms with Crippen molar-refractivity contribution < 1.29 is 14.6 Å². The minimum atomic E-state index is -0.976. The number of benzene rings is 1. The Morgan fingerprint density at radius 3 is 2.91 bits per heavy atom. The van der Waals surface area contributed by atoms with Gasteiger partial charge in [-0.05, 0) is 29.9 Å². The number of ether oxygens (including phenoxy) is 1. The van der Waals surface area contributed by atoms with E-state index in [4.69, 9.17) is 33.0 Å². The van der Waals surface area contributed by atoms with Crippen LogP contribution in [0.1, 0.15) is 20.2 Å². The molecule has 4 nitrogen and oxygen atoms in total. The maximum atomic E-state index is 10.8. The zero-order chi connectivity index (χ0) is 15.7. The number of hydrogen-bond acceptors (Lipinski definition) is 4. The number of nitrogens with zero attached hydrogens (tertiary/aromatic N) is 1. The van der Waals surface area contributed by atoms with Gasteiger partial charge in [-0.3, -0.25) is 0 Å². The summed E-state index contributed by atoms with van der Waals surface area (Å²) in [6.45, 7) is 0.377. The molecule has 0 aliphatic carbocycles. The largest absolute Gasteiger partial charge is 0.487 e. The molecule has 0 unspecified atom stereocenters. The fourth-order valence-corrected chi connectivity index (χ4v) is 3.20. The first-order valence-corrected chi connectivity index (χ1v) is 7.80. The Bertz CT molecular complexity index is 811. The molecule has 1 aromatic carbocycles. The lowest BCUT2D eigenvalue weighted by Crippen LogP contribution is -2.06. The van der Waals surface area contributed by atoms with E-state index in [1.165, 1.54) is 6.20 Å². The van der Waals surface area contributed by atoms with E-state index < -0.39 is 5.97 Å². The molecule has 0 radical (unpaired) electrons. The smallest absolute Gasteiger partial charge is 0.347 e. The second kappa shape index (κ2) is 6.12. The maximum Gasteiger partial charge on any atom is 0.347 e. The van der Waals surface area contributed by atoms with Crippen LogP contribution >= 0.6 is 34.5 Å². The molecule has 0 bridgehead atoms. The van der Waals surface area contributed by atoms with Crippen LogP contribution < -0.4 is 4.74 Å². The first kappa shape index (κ1) is 15.1. The van der Waals surface area contributed by atoms with Crippen LogP contribution in [0.25, 0.3) is 12.2 Å². The Hall–Kier alpha value is -1.82. The zero-order valence-electron chi connectivity index (χ0n) is 11.0. The standard InChI is InChI=1S/C15H9Cl2NO3S/c16-10-4-9-3-8(7-21-14(9)11(17)5-10)1-2-13-18-6-12(22-13)15(19)20/h1-6H,7H2,(H,19,20)/b2-1+. The molecule has 0 spiro atoms. The third-order valence-electron chi connectivity index (χ3n) is 2.94. The van der Waals surface area contributed by atoms with Crippen LogP contribution in [0.15, 0.2) is 30.0 Å². The molecule has 22 heavy (non-hydrogen) atoms. The third kappa shape index (κ3) is 3.16. The first-order chi connectivity index (χ1) is 10.5. The fraction of sp³-hybridized carbons (Fsp3) is 0.0667. The van der Waals surface area contributed by atoms with Crippen LogP contribution in [0.5, 0.6) is 5.75 Å². The van der Waals surface area contributed by atoms with E-state index in [0.29, 0.717) is 27.4 Å². The first-order valence-electron chi connectivity index (χ1n) is 6.22. The van der Waals surface area contributed by atoms with E-state index in [1.54, 1.807) is 18.2 Å². The van der Waals surface area contributed by atoms with Gasteiger partial charge in [-0.1, -0.05) is 29.3 Å². The van der Waals surface area contributed by atoms with Crippen molar-refractivity contribution in [3.8, 4) is 5.75 Å². The molecular formula is C15H9Cl2NO3S. The van der Waals surface area contributed by atoms with E-state index in [-0.39, 0.29) is 4.88 Å². The normalized spacial score (nSPS) is 13.6. The molecule has 2 heterocycles. The van der Waals surface area contributed by atoms with Crippen LogP contribution in [0.2, 0.25) is 10.0 Å². The summed E-state index contributed by atoms with van der Waals surface area (Å²) >= 11 is 13.2. The molecule has 7 heteroatoms. The van der Waals surface area contributed by atoms with Gasteiger partial charge < -0.3 is 9.84 Å². The second-order valence-electron chi connectivity index (χ2n) is 4.52. The van der Waals surface area contributed by atoms with Crippen molar-refractivity contribution in [2.24, 2.45) is 0 Å². The average Bonchev–Trinajstić information content (AvgIpc) is 2.93. The summed E-state index contributed by atoms with van der Waals surface area (Å²) in [5, 5.41) is 10.5. The van der Waals surface area contributed by atoms with Gasteiger partial charge in [0.2, 0.25) is 0 Å². The summed E-state index contributed by atoms with van der Waals surface area (Å²) in [6, 6.07) is 3.42. The van der Waals surface area contributed by atoms with Crippen LogP contribution in [-0.4, -0.2) is 22.7 Å². The average molecular weight is 354 g/mol. The minimum absolute atomic E-state index is 0.206. The highest BCUT2D eigenvalue weighted by atomic mass is 35.5. The molecule has 1 N–H and O–H groups in total. The molecule has 2 aromatic rings. The van der Waals surface area contributed by atoms with Crippen molar-refractivity contribution in [3.63, 3.8) is 0 Å². The molecular weight excluding hydrogens is 345 g/mol. The Kier molecular flexibility index (Phi) is 4.20. The molecule has 0 saturated carbocycles. The van der Waals surface area contributed by atoms with E-state index in [9.17, 15) is 4.79 Å². The van der Waals surface area contributed by atoms with Gasteiger partial charge in [0.25, 0.3) is 0 Å². The molecule has 3 rings (SSSR count). The highest BCUT2D eigenvalue weighted by molar-refractivity contribution is 7.14. The van der Waals surface area contributed by atoms with E-state index in [2.05, 4.69) is 4.98 Å². The SMILES string of the molecule is O=C(O)c1cnc(/C=C/C2=Cc3cc(Cl)cc(Cl)c3OC2)s1. The monoisotopic (exact) mass is 353 g/mol. The number of aromatic nitrogens is 1. The molecule has 1 aliphatic heterocycles. The second-order valence-corrected chi connectivity index (χ2v) is 6.42. The summed E-state index contributed by atoms with van der Waals surface area (Å²) in [7, 11) is 0. The minimum Gasteiger partial charge on any atom is -0.487 e. The number of carbonyl (C=O) groups is 1. The number of carboxylic acid groups (broad SMARTS) is 1. The molecule has 0 amide bonds. The highest BCUT2D eigenvalue weighted by Crippen LogP contribution is 2.36. The Balaban J connectivity index is 1.85. The van der Waals surface area contributed by atoms with Gasteiger partial charge in [0.05, 0.1) is 11.2 Å². The Labute approximate surface area is 140 Å². The van der Waals surface area contributed by atoms with Gasteiger partial charge in [-0.25, -0.2) is 9.78 Å². The summed E-state index contributed by atoms with van der Waals surface area (Å²) in [5.74, 6) is -0.360. The number of thiazole rings is 1. The van der Waals surface area contributed by atoms with Gasteiger partial charge in [0.1, 0.15) is 22.2 Å². The molecule has 112 valence electrons. The van der Waals surface area contributed by atoms with Crippen LogP contribution in [0.3, 0.4) is 0 Å². The van der Waals surface area contributed by atoms with Crippen molar-refractivity contribution in [1.29, 1.82) is 0 Å². The van der Waals surface area contributed by atoms with E-state index in [0.717, 1.165) is 22.5 Å². The number of carboxylic acids is 1. The Morgan fingerprint density at radius 2 is 2.18 bits per heavy atom. The van der Waals surface area contributed by atoms with Crippen LogP contribution in [0.4, 0.5) is 0 Å². The molecule has 1 aromatic heterocycles. The fourth-order valence-electron chi connectivity index (χ4n) is 1.97. The number of rotatable bonds is 3. The molecule has 0 fully saturated rings. The lowest BCUT2D eigenvalue weighted by Gasteiger charge is -2.17. The summed E-state index contributed by atoms with van der Waals surface area (Å²) < 4.78 is 5.63. The van der Waals surface area contributed by atoms with Crippen LogP contribution in [0, 0.1) is 0 Å². The zero-order valence-corrected chi connectivity index (χ0v) is 13.4. The van der Waals surface area contributed by atoms with Crippen molar-refractivity contribution in [2.45, 2.75) is 0 Å². The molecule has 1 aliphatic rings. The number of hydrogen-bond donors (Lipinski definition) is 1. The predicted molar refractivity (Wildman–Crippen MR) is 88.0 cm³/mol. The van der Waals surface area contributed by atoms with Gasteiger partial charge in [0, 0.05) is 10.6 Å². The number of halogens is 2. The van der Waals surface area contributed by atoms with Gasteiger partial charge in [0.15, 0.2) is 0 Å². The predicted octanol–water partition coefficient (Wildman–Crippen LogP) is 4.64. The summed E-state index contributed by atoms with van der Waals surface area (Å²) in [5.41, 5.74) is 1.73. The lowest BCUT2D eigenvalue weighted by molar-refractivity contribution is 0.0702. The van der Waals surface area contributed by atoms with Gasteiger partial charge >= 0.3 is 5.97 Å².